The van der Waals surface area contributed by atoms with E-state index < -0.39 is 6.04 Å². The number of methoxy groups -OCH3 is 1. The zero-order chi connectivity index (χ0) is 21.7. The maximum Gasteiger partial charge on any atom is 0.255 e. The van der Waals surface area contributed by atoms with E-state index in [0.29, 0.717) is 30.3 Å². The maximum atomic E-state index is 13.2. The summed E-state index contributed by atoms with van der Waals surface area (Å²) in [5.74, 6) is 0.573. The lowest BCUT2D eigenvalue weighted by Crippen LogP contribution is -2.52. The number of hydrogen-bond acceptors (Lipinski definition) is 3. The summed E-state index contributed by atoms with van der Waals surface area (Å²) in [4.78, 5) is 27.9. The van der Waals surface area contributed by atoms with Crippen molar-refractivity contribution in [2.75, 3.05) is 20.2 Å². The molecule has 1 atom stereocenters. The molecule has 1 unspecified atom stereocenters. The number of ether oxygens (including phenoxy) is 1. The van der Waals surface area contributed by atoms with Crippen LogP contribution in [-0.4, -0.2) is 43.0 Å². The molecule has 1 aliphatic heterocycles. The normalized spacial score (nSPS) is 15.7. The lowest BCUT2D eigenvalue weighted by molar-refractivity contribution is -0.135. The van der Waals surface area contributed by atoms with Gasteiger partial charge in [0, 0.05) is 18.1 Å². The van der Waals surface area contributed by atoms with E-state index in [1.807, 2.05) is 36.9 Å². The molecule has 0 bridgehead atoms. The van der Waals surface area contributed by atoms with Gasteiger partial charge in [0.05, 0.1) is 12.7 Å². The molecule has 1 aliphatic rings. The van der Waals surface area contributed by atoms with Crippen molar-refractivity contribution in [1.29, 1.82) is 0 Å². The van der Waals surface area contributed by atoms with Crippen LogP contribution < -0.4 is 10.1 Å². The van der Waals surface area contributed by atoms with Crippen molar-refractivity contribution >= 4 is 23.4 Å². The Balaban J connectivity index is 1.64. The van der Waals surface area contributed by atoms with E-state index in [9.17, 15) is 9.59 Å². The highest BCUT2D eigenvalue weighted by molar-refractivity contribution is 6.30. The molecule has 2 amide bonds. The van der Waals surface area contributed by atoms with Gasteiger partial charge in [-0.05, 0) is 54.5 Å². The van der Waals surface area contributed by atoms with Gasteiger partial charge < -0.3 is 15.0 Å². The predicted molar refractivity (Wildman–Crippen MR) is 119 cm³/mol. The topological polar surface area (TPSA) is 58.6 Å². The fraction of sp³-hybridized carbons (Fsp3) is 0.417. The summed E-state index contributed by atoms with van der Waals surface area (Å²) >= 11 is 5.99. The smallest absolute Gasteiger partial charge is 0.255 e. The standard InChI is InChI=1S/C24H29ClN2O3/c1-16(2)22(26-23(28)20-6-4-5-7-21(20)30-3)24(29)27-14-12-18(13-15-27)17-8-10-19(25)11-9-17/h4-11,16,18,22H,12-15H2,1-3H3,(H,26,28). The van der Waals surface area contributed by atoms with Crippen molar-refractivity contribution in [2.24, 2.45) is 5.92 Å². The molecule has 1 N–H and O–H groups in total. The first-order valence-electron chi connectivity index (χ1n) is 10.4. The molecule has 0 spiro atoms. The number of piperidine rings is 1. The first-order chi connectivity index (χ1) is 14.4. The van der Waals surface area contributed by atoms with Gasteiger partial charge in [0.1, 0.15) is 11.8 Å². The zero-order valence-corrected chi connectivity index (χ0v) is 18.5. The van der Waals surface area contributed by atoms with Crippen LogP contribution in [0.15, 0.2) is 48.5 Å². The van der Waals surface area contributed by atoms with Gasteiger partial charge in [-0.3, -0.25) is 9.59 Å². The summed E-state index contributed by atoms with van der Waals surface area (Å²) in [6.07, 6.45) is 1.80. The molecule has 3 rings (SSSR count). The molecule has 0 saturated carbocycles. The van der Waals surface area contributed by atoms with E-state index >= 15 is 0 Å². The van der Waals surface area contributed by atoms with Crippen LogP contribution in [0.2, 0.25) is 5.02 Å². The summed E-state index contributed by atoms with van der Waals surface area (Å²) in [6, 6.07) is 14.4. The fourth-order valence-electron chi connectivity index (χ4n) is 3.93. The molecule has 30 heavy (non-hydrogen) atoms. The minimum Gasteiger partial charge on any atom is -0.496 e. The van der Waals surface area contributed by atoms with Crippen LogP contribution >= 0.6 is 11.6 Å². The van der Waals surface area contributed by atoms with Crippen LogP contribution in [0, 0.1) is 5.92 Å². The molecular weight excluding hydrogens is 400 g/mol. The highest BCUT2D eigenvalue weighted by atomic mass is 35.5. The molecule has 0 aromatic heterocycles. The highest BCUT2D eigenvalue weighted by Crippen LogP contribution is 2.29. The lowest BCUT2D eigenvalue weighted by atomic mass is 9.89. The van der Waals surface area contributed by atoms with Crippen LogP contribution in [0.1, 0.15) is 48.5 Å². The number of amides is 2. The molecule has 2 aromatic rings. The average molecular weight is 429 g/mol. The summed E-state index contributed by atoms with van der Waals surface area (Å²) in [5, 5.41) is 3.66. The number of hydrogen-bond donors (Lipinski definition) is 1. The van der Waals surface area contributed by atoms with Crippen molar-refractivity contribution in [3.05, 3.63) is 64.7 Å². The van der Waals surface area contributed by atoms with Crippen molar-refractivity contribution in [1.82, 2.24) is 10.2 Å². The van der Waals surface area contributed by atoms with Gasteiger partial charge in [-0.2, -0.15) is 0 Å². The van der Waals surface area contributed by atoms with E-state index in [2.05, 4.69) is 17.4 Å². The molecule has 0 radical (unpaired) electrons. The monoisotopic (exact) mass is 428 g/mol. The first kappa shape index (κ1) is 22.2. The Hall–Kier alpha value is -2.53. The molecular formula is C24H29ClN2O3. The number of nitrogens with zero attached hydrogens (tertiary/aromatic N) is 1. The van der Waals surface area contributed by atoms with Gasteiger partial charge in [0.25, 0.3) is 5.91 Å². The maximum absolute atomic E-state index is 13.2. The van der Waals surface area contributed by atoms with Crippen molar-refractivity contribution in [3.8, 4) is 5.75 Å². The van der Waals surface area contributed by atoms with Crippen molar-refractivity contribution < 1.29 is 14.3 Å². The van der Waals surface area contributed by atoms with Gasteiger partial charge in [0.15, 0.2) is 0 Å². The van der Waals surface area contributed by atoms with Gasteiger partial charge in [0.2, 0.25) is 5.91 Å². The molecule has 1 heterocycles. The lowest BCUT2D eigenvalue weighted by Gasteiger charge is -2.35. The average Bonchev–Trinajstić information content (AvgIpc) is 2.77. The van der Waals surface area contributed by atoms with Gasteiger partial charge in [-0.25, -0.2) is 0 Å². The second-order valence-corrected chi connectivity index (χ2v) is 8.48. The quantitative estimate of drug-likeness (QED) is 0.736. The summed E-state index contributed by atoms with van der Waals surface area (Å²) in [6.45, 7) is 5.26. The first-order valence-corrected chi connectivity index (χ1v) is 10.8. The molecule has 1 saturated heterocycles. The number of benzene rings is 2. The molecule has 0 aliphatic carbocycles. The largest absolute Gasteiger partial charge is 0.496 e. The van der Waals surface area contributed by atoms with Gasteiger partial charge >= 0.3 is 0 Å². The number of rotatable bonds is 6. The molecule has 1 fully saturated rings. The fourth-order valence-corrected chi connectivity index (χ4v) is 4.06. The third-order valence-corrected chi connectivity index (χ3v) is 5.97. The minimum atomic E-state index is -0.575. The zero-order valence-electron chi connectivity index (χ0n) is 17.7. The van der Waals surface area contributed by atoms with Crippen molar-refractivity contribution in [2.45, 2.75) is 38.6 Å². The Morgan fingerprint density at radius 2 is 1.70 bits per heavy atom. The van der Waals surface area contributed by atoms with E-state index in [-0.39, 0.29) is 17.7 Å². The minimum absolute atomic E-state index is 0.0230. The number of nitrogens with one attached hydrogen (secondary N) is 1. The Morgan fingerprint density at radius 3 is 2.30 bits per heavy atom. The Morgan fingerprint density at radius 1 is 1.07 bits per heavy atom. The van der Waals surface area contributed by atoms with Crippen LogP contribution in [0.5, 0.6) is 5.75 Å². The van der Waals surface area contributed by atoms with Crippen LogP contribution in [0.3, 0.4) is 0 Å². The van der Waals surface area contributed by atoms with E-state index in [1.54, 1.807) is 18.2 Å². The van der Waals surface area contributed by atoms with Crippen LogP contribution in [0.25, 0.3) is 0 Å². The second kappa shape index (κ2) is 9.98. The molecule has 160 valence electrons. The van der Waals surface area contributed by atoms with E-state index in [4.69, 9.17) is 16.3 Å². The highest BCUT2D eigenvalue weighted by Gasteiger charge is 2.32. The number of para-hydroxylation sites is 1. The predicted octanol–water partition coefficient (Wildman–Crippen LogP) is 4.51. The number of halogens is 1. The van der Waals surface area contributed by atoms with Crippen molar-refractivity contribution in [3.63, 3.8) is 0 Å². The third-order valence-electron chi connectivity index (χ3n) is 5.72. The Kier molecular flexibility index (Phi) is 7.38. The Bertz CT molecular complexity index is 874. The summed E-state index contributed by atoms with van der Waals surface area (Å²) < 4.78 is 5.28. The van der Waals surface area contributed by atoms with Gasteiger partial charge in [-0.15, -0.1) is 0 Å². The summed E-state index contributed by atoms with van der Waals surface area (Å²) in [5.41, 5.74) is 1.69. The number of carbonyl (C=O) groups excluding carboxylic acids is 2. The third kappa shape index (κ3) is 5.14. The van der Waals surface area contributed by atoms with E-state index in [0.717, 1.165) is 17.9 Å². The Labute approximate surface area is 183 Å². The van der Waals surface area contributed by atoms with E-state index in [1.165, 1.54) is 12.7 Å². The van der Waals surface area contributed by atoms with Gasteiger partial charge in [-0.1, -0.05) is 49.7 Å². The SMILES string of the molecule is COc1ccccc1C(=O)NC(C(=O)N1CCC(c2ccc(Cl)cc2)CC1)C(C)C. The number of carbonyl (C=O) groups is 2. The summed E-state index contributed by atoms with van der Waals surface area (Å²) in [7, 11) is 1.53. The molecule has 5 nitrogen and oxygen atoms in total. The van der Waals surface area contributed by atoms with Crippen LogP contribution in [-0.2, 0) is 4.79 Å². The second-order valence-electron chi connectivity index (χ2n) is 8.05. The molecule has 6 heteroatoms. The number of likely N-dealkylation sites (tertiary alicyclic amines) is 1. The molecule has 2 aromatic carbocycles. The van der Waals surface area contributed by atoms with Crippen LogP contribution in [0.4, 0.5) is 0 Å².